The van der Waals surface area contributed by atoms with Crippen molar-refractivity contribution in [2.24, 2.45) is 0 Å². The van der Waals surface area contributed by atoms with Gasteiger partial charge in [-0.15, -0.1) is 0 Å². The van der Waals surface area contributed by atoms with E-state index in [0.29, 0.717) is 0 Å². The molecule has 0 aliphatic rings. The van der Waals surface area contributed by atoms with E-state index >= 15 is 0 Å². The third kappa shape index (κ3) is 1.48. The molecule has 1 aromatic rings. The highest BCUT2D eigenvalue weighted by molar-refractivity contribution is 8.31. The zero-order valence-corrected chi connectivity index (χ0v) is 6.73. The van der Waals surface area contributed by atoms with Gasteiger partial charge in [0.25, 0.3) is 0 Å². The predicted octanol–water partition coefficient (Wildman–Crippen LogP) is 1.73. The summed E-state index contributed by atoms with van der Waals surface area (Å²) in [6.45, 7) is 0. The molecule has 0 unspecified atom stereocenters. The summed E-state index contributed by atoms with van der Waals surface area (Å²) < 4.78 is 5.12. The van der Waals surface area contributed by atoms with Crippen molar-refractivity contribution < 1.29 is 4.42 Å². The Morgan fingerprint density at radius 2 is 2.11 bits per heavy atom. The third-order valence-electron chi connectivity index (χ3n) is 0.934. The van der Waals surface area contributed by atoms with Crippen LogP contribution in [0.15, 0.2) is 22.1 Å². The van der Waals surface area contributed by atoms with Crippen molar-refractivity contribution in [1.29, 1.82) is 0 Å². The molecule has 2 nitrogen and oxygen atoms in total. The minimum absolute atomic E-state index is 0.737. The lowest BCUT2D eigenvalue weighted by Gasteiger charge is -2.18. The van der Waals surface area contributed by atoms with E-state index in [1.165, 1.54) is 0 Å². The Bertz CT molecular complexity index is 175. The van der Waals surface area contributed by atoms with Crippen molar-refractivity contribution in [3.8, 4) is 0 Å². The molecule has 0 aromatic carbocycles. The van der Waals surface area contributed by atoms with Crippen LogP contribution in [0.1, 0.15) is 0 Å². The Labute approximate surface area is 56.6 Å². The summed E-state index contributed by atoms with van der Waals surface area (Å²) in [6.07, 6.45) is 9.76. The van der Waals surface area contributed by atoms with Gasteiger partial charge in [0.05, 0.1) is 6.20 Å². The van der Waals surface area contributed by atoms with Crippen molar-refractivity contribution in [3.05, 3.63) is 12.5 Å². The van der Waals surface area contributed by atoms with Crippen LogP contribution in [0.3, 0.4) is 0 Å². The second-order valence-electron chi connectivity index (χ2n) is 2.64. The van der Waals surface area contributed by atoms with Gasteiger partial charge in [0.15, 0.2) is 0 Å². The molecule has 0 aliphatic heterocycles. The van der Waals surface area contributed by atoms with E-state index < -0.39 is 10.0 Å². The maximum Gasteiger partial charge on any atom is 0.236 e. The van der Waals surface area contributed by atoms with Crippen LogP contribution in [0.4, 0.5) is 0 Å². The Morgan fingerprint density at radius 3 is 2.33 bits per heavy atom. The van der Waals surface area contributed by atoms with Gasteiger partial charge in [0.1, 0.15) is 6.26 Å². The molecule has 52 valence electrons. The molecule has 0 saturated heterocycles. The molecule has 0 aliphatic carbocycles. The minimum Gasteiger partial charge on any atom is -0.441 e. The molecular formula is C6H11NOS. The molecule has 0 fully saturated rings. The number of oxazole rings is 1. The first-order chi connectivity index (χ1) is 4.11. The number of aromatic nitrogens is 1. The van der Waals surface area contributed by atoms with Crippen LogP contribution in [0.2, 0.25) is 0 Å². The largest absolute Gasteiger partial charge is 0.441 e. The van der Waals surface area contributed by atoms with Crippen molar-refractivity contribution in [1.82, 2.24) is 4.98 Å². The lowest BCUT2D eigenvalue weighted by molar-refractivity contribution is 0.451. The van der Waals surface area contributed by atoms with Crippen molar-refractivity contribution >= 4 is 10.0 Å². The first-order valence-corrected chi connectivity index (χ1v) is 5.54. The highest BCUT2D eigenvalue weighted by atomic mass is 32.3. The van der Waals surface area contributed by atoms with Crippen LogP contribution in [-0.4, -0.2) is 23.8 Å². The molecule has 0 bridgehead atoms. The molecule has 0 saturated carbocycles. The first-order valence-electron chi connectivity index (χ1n) is 2.68. The first kappa shape index (κ1) is 6.68. The standard InChI is InChI=1S/C6H11NOS/c1-9(2,3)6-7-4-5-8-6/h4-5H,1-3H3. The molecule has 1 heterocycles. The lowest BCUT2D eigenvalue weighted by Crippen LogP contribution is -1.91. The van der Waals surface area contributed by atoms with Crippen molar-refractivity contribution in [2.45, 2.75) is 5.22 Å². The maximum atomic E-state index is 5.12. The van der Waals surface area contributed by atoms with E-state index in [1.54, 1.807) is 12.5 Å². The predicted molar refractivity (Wildman–Crippen MR) is 40.1 cm³/mol. The summed E-state index contributed by atoms with van der Waals surface area (Å²) in [5, 5.41) is 0.877. The molecule has 0 radical (unpaired) electrons. The summed E-state index contributed by atoms with van der Waals surface area (Å²) in [7, 11) is -0.737. The zero-order chi connectivity index (χ0) is 6.91. The molecule has 1 aromatic heterocycles. The van der Waals surface area contributed by atoms with E-state index in [9.17, 15) is 0 Å². The minimum atomic E-state index is -0.737. The van der Waals surface area contributed by atoms with Gasteiger partial charge in [-0.3, -0.25) is 0 Å². The smallest absolute Gasteiger partial charge is 0.236 e. The fourth-order valence-corrected chi connectivity index (χ4v) is 1.23. The number of hydrogen-bond acceptors (Lipinski definition) is 2. The van der Waals surface area contributed by atoms with Gasteiger partial charge in [-0.05, 0) is 18.8 Å². The van der Waals surface area contributed by atoms with Crippen molar-refractivity contribution in [2.75, 3.05) is 18.8 Å². The zero-order valence-electron chi connectivity index (χ0n) is 5.92. The van der Waals surface area contributed by atoms with Crippen LogP contribution in [-0.2, 0) is 0 Å². The molecule has 1 rings (SSSR count). The van der Waals surface area contributed by atoms with E-state index in [-0.39, 0.29) is 0 Å². The fraction of sp³-hybridized carbons (Fsp3) is 0.500. The molecule has 0 N–H and O–H groups in total. The molecule has 0 amide bonds. The summed E-state index contributed by atoms with van der Waals surface area (Å²) >= 11 is 0. The van der Waals surface area contributed by atoms with Crippen LogP contribution in [0, 0.1) is 0 Å². The monoisotopic (exact) mass is 145 g/mol. The van der Waals surface area contributed by atoms with Gasteiger partial charge in [-0.1, -0.05) is 0 Å². The van der Waals surface area contributed by atoms with Gasteiger partial charge in [-0.2, -0.15) is 10.0 Å². The van der Waals surface area contributed by atoms with Crippen LogP contribution < -0.4 is 0 Å². The Balaban J connectivity index is 2.90. The molecular weight excluding hydrogens is 134 g/mol. The van der Waals surface area contributed by atoms with Crippen LogP contribution in [0.5, 0.6) is 0 Å². The van der Waals surface area contributed by atoms with Crippen molar-refractivity contribution in [3.63, 3.8) is 0 Å². The summed E-state index contributed by atoms with van der Waals surface area (Å²) in [4.78, 5) is 4.06. The number of rotatable bonds is 1. The summed E-state index contributed by atoms with van der Waals surface area (Å²) in [5.41, 5.74) is 0. The fourth-order valence-electron chi connectivity index (χ4n) is 0.513. The van der Waals surface area contributed by atoms with Crippen LogP contribution in [0.25, 0.3) is 0 Å². The Hall–Kier alpha value is -0.440. The van der Waals surface area contributed by atoms with Gasteiger partial charge < -0.3 is 4.42 Å². The Morgan fingerprint density at radius 1 is 1.44 bits per heavy atom. The highest BCUT2D eigenvalue weighted by Crippen LogP contribution is 2.43. The lowest BCUT2D eigenvalue weighted by atomic mass is 11.0. The maximum absolute atomic E-state index is 5.12. The summed E-state index contributed by atoms with van der Waals surface area (Å²) in [6, 6.07) is 0. The quantitative estimate of drug-likeness (QED) is 0.601. The van der Waals surface area contributed by atoms with Gasteiger partial charge in [0, 0.05) is 0 Å². The highest BCUT2D eigenvalue weighted by Gasteiger charge is 2.11. The summed E-state index contributed by atoms with van der Waals surface area (Å²) in [5.74, 6) is 0. The van der Waals surface area contributed by atoms with E-state index in [0.717, 1.165) is 5.22 Å². The van der Waals surface area contributed by atoms with E-state index in [4.69, 9.17) is 4.42 Å². The average molecular weight is 145 g/mol. The van der Waals surface area contributed by atoms with E-state index in [2.05, 4.69) is 23.8 Å². The normalized spacial score (nSPS) is 13.7. The molecule has 3 heteroatoms. The second-order valence-corrected chi connectivity index (χ2v) is 6.66. The number of nitrogens with zero attached hydrogens (tertiary/aromatic N) is 1. The Kier molecular flexibility index (Phi) is 1.53. The molecule has 0 atom stereocenters. The molecule has 0 spiro atoms. The number of hydrogen-bond donors (Lipinski definition) is 0. The molecule has 9 heavy (non-hydrogen) atoms. The third-order valence-corrected chi connectivity index (χ3v) is 2.18. The van der Waals surface area contributed by atoms with Gasteiger partial charge in [-0.25, -0.2) is 4.98 Å². The van der Waals surface area contributed by atoms with Gasteiger partial charge in [0.2, 0.25) is 5.22 Å². The second kappa shape index (κ2) is 2.06. The van der Waals surface area contributed by atoms with E-state index in [1.807, 2.05) is 0 Å². The van der Waals surface area contributed by atoms with Gasteiger partial charge >= 0.3 is 0 Å². The van der Waals surface area contributed by atoms with Crippen LogP contribution >= 0.6 is 10.0 Å². The topological polar surface area (TPSA) is 26.0 Å². The SMILES string of the molecule is CS(C)(C)c1ncco1. The average Bonchev–Trinajstić information content (AvgIpc) is 2.08.